The first-order valence-corrected chi connectivity index (χ1v) is 14.9. The van der Waals surface area contributed by atoms with Gasteiger partial charge in [-0.15, -0.1) is 11.3 Å². The van der Waals surface area contributed by atoms with Gasteiger partial charge in [0.1, 0.15) is 26.8 Å². The zero-order valence-electron chi connectivity index (χ0n) is 24.3. The third-order valence-electron chi connectivity index (χ3n) is 7.64. The lowest BCUT2D eigenvalue weighted by Crippen LogP contribution is -2.18. The highest BCUT2D eigenvalue weighted by Crippen LogP contribution is 2.44. The number of anilines is 1. The number of fused-ring (bicyclic) bond motifs is 3. The predicted octanol–water partition coefficient (Wildman–Crippen LogP) is 8.35. The lowest BCUT2D eigenvalue weighted by Gasteiger charge is -2.13. The molecule has 0 radical (unpaired) electrons. The maximum atomic E-state index is 14.4. The highest BCUT2D eigenvalue weighted by Gasteiger charge is 2.37. The third-order valence-corrected chi connectivity index (χ3v) is 8.74. The number of nitrogens with one attached hydrogen (secondary N) is 1. The average molecular weight is 695 g/mol. The number of carbonyl (C=O) groups is 2. The number of nitrogens with zero attached hydrogens (tertiary/aromatic N) is 4. The van der Waals surface area contributed by atoms with Crippen molar-refractivity contribution >= 4 is 55.5 Å². The van der Waals surface area contributed by atoms with Crippen molar-refractivity contribution in [2.75, 3.05) is 5.32 Å². The molecule has 0 saturated heterocycles. The second kappa shape index (κ2) is 11.4. The van der Waals surface area contributed by atoms with Gasteiger partial charge in [-0.25, -0.2) is 18.9 Å². The van der Waals surface area contributed by atoms with Gasteiger partial charge in [0.25, 0.3) is 11.8 Å². The van der Waals surface area contributed by atoms with Crippen LogP contribution in [-0.4, -0.2) is 31.4 Å². The van der Waals surface area contributed by atoms with E-state index in [0.29, 0.717) is 32.9 Å². The van der Waals surface area contributed by atoms with Crippen LogP contribution in [-0.2, 0) is 12.4 Å². The Morgan fingerprint density at radius 1 is 0.837 bits per heavy atom. The van der Waals surface area contributed by atoms with Gasteiger partial charge in [0.2, 0.25) is 0 Å². The molecule has 0 aliphatic rings. The molecule has 16 heteroatoms. The van der Waals surface area contributed by atoms with E-state index in [4.69, 9.17) is 5.73 Å². The molecule has 0 bridgehead atoms. The van der Waals surface area contributed by atoms with Crippen LogP contribution >= 0.6 is 11.3 Å². The number of carbonyl (C=O) groups excluding carboxylic acids is 2. The molecule has 49 heavy (non-hydrogen) atoms. The standard InChI is InChI=1S/C33H17F7N6O2S/c34-17-10-8-16(9-11-17)20-12-23(32(35,36)37)44-31-25(20)26(27(49-31)28(41)47)45-30(48)21-14-42-46-24(33(38,39)40)13-22(43-29(21)46)19-7-3-5-15-4-1-2-6-18(15)19/h1-14H,(H2,41,47)(H,45,48). The average Bonchev–Trinajstić information content (AvgIpc) is 3.65. The molecule has 246 valence electrons. The molecule has 4 aromatic heterocycles. The number of thiophene rings is 1. The van der Waals surface area contributed by atoms with Crippen molar-refractivity contribution in [3.8, 4) is 22.4 Å². The summed E-state index contributed by atoms with van der Waals surface area (Å²) in [5, 5.41) is 7.40. The van der Waals surface area contributed by atoms with Crippen molar-refractivity contribution < 1.29 is 40.3 Å². The zero-order chi connectivity index (χ0) is 34.8. The minimum absolute atomic E-state index is 0.0795. The molecule has 0 saturated carbocycles. The van der Waals surface area contributed by atoms with Crippen LogP contribution in [0.2, 0.25) is 0 Å². The number of halogens is 7. The smallest absolute Gasteiger partial charge is 0.365 e. The molecule has 0 aliphatic carbocycles. The van der Waals surface area contributed by atoms with E-state index >= 15 is 0 Å². The highest BCUT2D eigenvalue weighted by atomic mass is 32.1. The number of primary amides is 1. The van der Waals surface area contributed by atoms with Crippen molar-refractivity contribution in [1.29, 1.82) is 0 Å². The van der Waals surface area contributed by atoms with Crippen molar-refractivity contribution in [3.05, 3.63) is 113 Å². The van der Waals surface area contributed by atoms with E-state index in [1.165, 1.54) is 12.1 Å². The van der Waals surface area contributed by atoms with Gasteiger partial charge in [-0.1, -0.05) is 54.6 Å². The van der Waals surface area contributed by atoms with Crippen molar-refractivity contribution in [1.82, 2.24) is 19.6 Å². The van der Waals surface area contributed by atoms with Crippen LogP contribution in [0.5, 0.6) is 0 Å². The van der Waals surface area contributed by atoms with Gasteiger partial charge in [-0.05, 0) is 46.2 Å². The number of nitrogens with two attached hydrogens (primary N) is 1. The molecule has 0 aliphatic heterocycles. The van der Waals surface area contributed by atoms with Crippen LogP contribution in [0.25, 0.3) is 49.0 Å². The van der Waals surface area contributed by atoms with Crippen LogP contribution in [0.15, 0.2) is 85.1 Å². The number of alkyl halides is 6. The monoisotopic (exact) mass is 694 g/mol. The number of pyridine rings is 1. The van der Waals surface area contributed by atoms with Gasteiger partial charge in [0.15, 0.2) is 11.3 Å². The summed E-state index contributed by atoms with van der Waals surface area (Å²) in [7, 11) is 0. The fourth-order valence-corrected chi connectivity index (χ4v) is 6.49. The first-order chi connectivity index (χ1) is 23.2. The zero-order valence-corrected chi connectivity index (χ0v) is 25.1. The minimum atomic E-state index is -4.94. The second-order valence-corrected chi connectivity index (χ2v) is 11.7. The summed E-state index contributed by atoms with van der Waals surface area (Å²) < 4.78 is 98.9. The first-order valence-electron chi connectivity index (χ1n) is 14.1. The van der Waals surface area contributed by atoms with Crippen LogP contribution < -0.4 is 11.1 Å². The van der Waals surface area contributed by atoms with Crippen molar-refractivity contribution in [2.24, 2.45) is 5.73 Å². The lowest BCUT2D eigenvalue weighted by atomic mass is 10.0. The molecule has 2 amide bonds. The van der Waals surface area contributed by atoms with E-state index in [2.05, 4.69) is 20.4 Å². The molecular weight excluding hydrogens is 677 g/mol. The largest absolute Gasteiger partial charge is 0.433 e. The van der Waals surface area contributed by atoms with Crippen molar-refractivity contribution in [3.63, 3.8) is 0 Å². The SMILES string of the molecule is NC(=O)c1sc2nc(C(F)(F)F)cc(-c3ccc(F)cc3)c2c1NC(=O)c1cnn2c(C(F)(F)F)cc(-c3cccc4ccccc34)nc12. The molecular formula is C33H17F7N6O2S. The lowest BCUT2D eigenvalue weighted by molar-refractivity contribution is -0.143. The molecule has 0 atom stereocenters. The molecule has 0 unspecified atom stereocenters. The van der Waals surface area contributed by atoms with Crippen molar-refractivity contribution in [2.45, 2.75) is 12.4 Å². The number of hydrogen-bond donors (Lipinski definition) is 2. The summed E-state index contributed by atoms with van der Waals surface area (Å²) in [5.41, 5.74) is 1.83. The fraction of sp³-hybridized carbons (Fsp3) is 0.0606. The number of hydrogen-bond acceptors (Lipinski definition) is 6. The predicted molar refractivity (Wildman–Crippen MR) is 167 cm³/mol. The molecule has 8 nitrogen and oxygen atoms in total. The molecule has 3 aromatic carbocycles. The molecule has 0 spiro atoms. The Morgan fingerprint density at radius 2 is 1.55 bits per heavy atom. The van der Waals surface area contributed by atoms with Crippen LogP contribution in [0, 0.1) is 5.82 Å². The molecule has 0 fully saturated rings. The Hall–Kier alpha value is -5.90. The van der Waals surface area contributed by atoms with Gasteiger partial charge < -0.3 is 11.1 Å². The van der Waals surface area contributed by atoms with Gasteiger partial charge in [0, 0.05) is 10.9 Å². The Morgan fingerprint density at radius 3 is 2.24 bits per heavy atom. The van der Waals surface area contributed by atoms with Crippen LogP contribution in [0.3, 0.4) is 0 Å². The van der Waals surface area contributed by atoms with E-state index in [1.54, 1.807) is 42.5 Å². The Labute approximate surface area is 273 Å². The van der Waals surface area contributed by atoms with Crippen LogP contribution in [0.4, 0.5) is 36.4 Å². The van der Waals surface area contributed by atoms with Gasteiger partial charge in [-0.2, -0.15) is 31.4 Å². The topological polar surface area (TPSA) is 115 Å². The summed E-state index contributed by atoms with van der Waals surface area (Å²) in [4.78, 5) is 33.7. The van der Waals surface area contributed by atoms with E-state index < -0.39 is 57.5 Å². The Balaban J connectivity index is 1.42. The van der Waals surface area contributed by atoms with Crippen LogP contribution in [0.1, 0.15) is 31.4 Å². The summed E-state index contributed by atoms with van der Waals surface area (Å²) in [6.45, 7) is 0. The Kier molecular flexibility index (Phi) is 7.35. The van der Waals surface area contributed by atoms with E-state index in [0.717, 1.165) is 29.8 Å². The molecule has 7 rings (SSSR count). The number of aromatic nitrogens is 4. The molecule has 3 N–H and O–H groups in total. The normalized spacial score (nSPS) is 12.2. The number of amides is 2. The van der Waals surface area contributed by atoms with Gasteiger partial charge in [-0.3, -0.25) is 9.59 Å². The fourth-order valence-electron chi connectivity index (χ4n) is 5.49. The summed E-state index contributed by atoms with van der Waals surface area (Å²) in [6.07, 6.45) is -9.02. The minimum Gasteiger partial charge on any atom is -0.365 e. The Bertz CT molecular complexity index is 2460. The molecule has 4 heterocycles. The van der Waals surface area contributed by atoms with E-state index in [-0.39, 0.29) is 32.7 Å². The summed E-state index contributed by atoms with van der Waals surface area (Å²) >= 11 is 0.464. The molecule has 7 aromatic rings. The third kappa shape index (κ3) is 5.58. The maximum absolute atomic E-state index is 14.4. The van der Waals surface area contributed by atoms with E-state index in [9.17, 15) is 40.3 Å². The summed E-state index contributed by atoms with van der Waals surface area (Å²) in [5.74, 6) is -2.91. The first kappa shape index (κ1) is 31.7. The summed E-state index contributed by atoms with van der Waals surface area (Å²) in [6, 6.07) is 17.8. The van der Waals surface area contributed by atoms with E-state index in [1.807, 2.05) is 0 Å². The number of rotatable bonds is 5. The number of benzene rings is 3. The second-order valence-electron chi connectivity index (χ2n) is 10.7. The quantitative estimate of drug-likeness (QED) is 0.176. The maximum Gasteiger partial charge on any atom is 0.433 e. The van der Waals surface area contributed by atoms with Gasteiger partial charge in [0.05, 0.1) is 17.6 Å². The van der Waals surface area contributed by atoms with Gasteiger partial charge >= 0.3 is 12.4 Å². The highest BCUT2D eigenvalue weighted by molar-refractivity contribution is 7.21.